The molecule has 9 nitrogen and oxygen atoms in total. The van der Waals surface area contributed by atoms with Crippen molar-refractivity contribution in [1.29, 1.82) is 0 Å². The highest BCUT2D eigenvalue weighted by molar-refractivity contribution is 7.80. The van der Waals surface area contributed by atoms with E-state index in [1.807, 2.05) is 0 Å². The predicted octanol–water partition coefficient (Wildman–Crippen LogP) is -0.981. The van der Waals surface area contributed by atoms with Gasteiger partial charge >= 0.3 is 0 Å². The van der Waals surface area contributed by atoms with Crippen LogP contribution in [0.1, 0.15) is 5.56 Å². The summed E-state index contributed by atoms with van der Waals surface area (Å²) in [4.78, 5) is 0. The van der Waals surface area contributed by atoms with Crippen LogP contribution in [0.15, 0.2) is 34.5 Å². The minimum atomic E-state index is -1.51. The van der Waals surface area contributed by atoms with Gasteiger partial charge in [-0.25, -0.2) is 0 Å². The van der Waals surface area contributed by atoms with E-state index in [0.29, 0.717) is 5.56 Å². The Labute approximate surface area is 143 Å². The van der Waals surface area contributed by atoms with Crippen molar-refractivity contribution in [3.63, 3.8) is 0 Å². The average molecular weight is 357 g/mol. The molecule has 0 spiro atoms. The number of azo groups is 1. The van der Waals surface area contributed by atoms with E-state index >= 15 is 0 Å². The minimum Gasteiger partial charge on any atom is -0.508 e. The number of ether oxygens (including phenoxy) is 1. The summed E-state index contributed by atoms with van der Waals surface area (Å²) >= 11 is 4.95. The summed E-state index contributed by atoms with van der Waals surface area (Å²) in [7, 11) is 0. The first kappa shape index (κ1) is 18.6. The monoisotopic (exact) mass is 357 g/mol. The molecule has 1 aromatic carbocycles. The van der Waals surface area contributed by atoms with Crippen LogP contribution in [0.3, 0.4) is 0 Å². The highest BCUT2D eigenvalue weighted by Gasteiger charge is 2.43. The van der Waals surface area contributed by atoms with Gasteiger partial charge in [-0.3, -0.25) is 0 Å². The van der Waals surface area contributed by atoms with Crippen molar-refractivity contribution in [3.8, 4) is 5.75 Å². The fraction of sp³-hybridized carbons (Fsp3) is 0.500. The number of thiocarbonyl (C=S) groups is 1. The second-order valence-corrected chi connectivity index (χ2v) is 5.61. The SMILES string of the molecule is OC[C@H]1O[C@@H](NC(=S)N=NCc2ccccc2O)[C@H](O)[C@@H](O)[C@@H]1O. The van der Waals surface area contributed by atoms with Gasteiger partial charge in [0.05, 0.1) is 13.2 Å². The molecule has 6 N–H and O–H groups in total. The number of hydrogen-bond donors (Lipinski definition) is 6. The topological polar surface area (TPSA) is 147 Å². The Morgan fingerprint density at radius 2 is 1.88 bits per heavy atom. The molecule has 0 saturated carbocycles. The van der Waals surface area contributed by atoms with Crippen LogP contribution in [0.25, 0.3) is 0 Å². The maximum Gasteiger partial charge on any atom is 0.215 e. The molecule has 1 saturated heterocycles. The molecule has 5 atom stereocenters. The molecule has 10 heteroatoms. The van der Waals surface area contributed by atoms with Gasteiger partial charge in [0.2, 0.25) is 5.11 Å². The Hall–Kier alpha value is -1.69. The zero-order valence-corrected chi connectivity index (χ0v) is 13.4. The summed E-state index contributed by atoms with van der Waals surface area (Å²) in [5.41, 5.74) is 0.567. The van der Waals surface area contributed by atoms with Crippen molar-refractivity contribution < 1.29 is 30.3 Å². The molecule has 1 fully saturated rings. The molecule has 2 rings (SSSR count). The molecule has 24 heavy (non-hydrogen) atoms. The first-order valence-corrected chi connectivity index (χ1v) is 7.60. The zero-order valence-electron chi connectivity index (χ0n) is 12.6. The van der Waals surface area contributed by atoms with Gasteiger partial charge in [0.25, 0.3) is 0 Å². The van der Waals surface area contributed by atoms with Gasteiger partial charge in [0.1, 0.15) is 30.2 Å². The van der Waals surface area contributed by atoms with E-state index < -0.39 is 37.3 Å². The van der Waals surface area contributed by atoms with E-state index in [2.05, 4.69) is 15.5 Å². The van der Waals surface area contributed by atoms with E-state index in [-0.39, 0.29) is 17.4 Å². The first-order chi connectivity index (χ1) is 11.4. The highest BCUT2D eigenvalue weighted by atomic mass is 32.1. The lowest BCUT2D eigenvalue weighted by atomic mass is 9.98. The summed E-state index contributed by atoms with van der Waals surface area (Å²) in [5, 5.41) is 57.9. The van der Waals surface area contributed by atoms with Crippen LogP contribution < -0.4 is 5.32 Å². The van der Waals surface area contributed by atoms with Gasteiger partial charge in [-0.2, -0.15) is 5.11 Å². The van der Waals surface area contributed by atoms with Gasteiger partial charge in [0.15, 0.2) is 6.23 Å². The summed E-state index contributed by atoms with van der Waals surface area (Å²) in [6.45, 7) is -0.437. The molecule has 0 unspecified atom stereocenters. The fourth-order valence-corrected chi connectivity index (χ4v) is 2.37. The molecule has 1 aliphatic heterocycles. The van der Waals surface area contributed by atoms with Crippen LogP contribution in [0.4, 0.5) is 0 Å². The first-order valence-electron chi connectivity index (χ1n) is 7.19. The standard InChI is InChI=1S/C14H19N3O6S/c18-6-9-10(20)11(21)12(22)13(23-9)16-14(24)17-15-5-7-3-1-2-4-8(7)19/h1-4,9-13,18-22H,5-6H2,(H,16,24)/t9-,10-,11+,12-,13-/m1/s1. The zero-order chi connectivity index (χ0) is 17.7. The lowest BCUT2D eigenvalue weighted by molar-refractivity contribution is -0.232. The molecule has 0 aromatic heterocycles. The number of aromatic hydroxyl groups is 1. The summed E-state index contributed by atoms with van der Waals surface area (Å²) in [5.74, 6) is 0.0873. The molecule has 1 aliphatic rings. The van der Waals surface area contributed by atoms with Crippen LogP contribution in [0.2, 0.25) is 0 Å². The van der Waals surface area contributed by atoms with Crippen molar-refractivity contribution in [2.75, 3.05) is 6.61 Å². The number of rotatable bonds is 4. The number of phenolic OH excluding ortho intramolecular Hbond substituents is 1. The lowest BCUT2D eigenvalue weighted by Gasteiger charge is -2.40. The third-order valence-corrected chi connectivity index (χ3v) is 3.75. The molecule has 0 bridgehead atoms. The number of nitrogens with one attached hydrogen (secondary N) is 1. The number of benzene rings is 1. The molecule has 0 amide bonds. The van der Waals surface area contributed by atoms with E-state index in [0.717, 1.165) is 0 Å². The second-order valence-electron chi connectivity index (χ2n) is 5.23. The van der Waals surface area contributed by atoms with Gasteiger partial charge in [-0.05, 0) is 18.3 Å². The Morgan fingerprint density at radius 3 is 2.54 bits per heavy atom. The number of para-hydroxylation sites is 1. The fourth-order valence-electron chi connectivity index (χ4n) is 2.19. The van der Waals surface area contributed by atoms with Crippen molar-refractivity contribution in [3.05, 3.63) is 29.8 Å². The van der Waals surface area contributed by atoms with Crippen molar-refractivity contribution in [2.45, 2.75) is 37.2 Å². The molecule has 0 radical (unpaired) electrons. The van der Waals surface area contributed by atoms with Crippen LogP contribution in [-0.4, -0.2) is 67.9 Å². The third kappa shape index (κ3) is 4.44. The number of phenols is 1. The second kappa shape index (κ2) is 8.42. The molecule has 132 valence electrons. The van der Waals surface area contributed by atoms with Gasteiger partial charge in [-0.15, -0.1) is 5.11 Å². The Kier molecular flexibility index (Phi) is 6.54. The van der Waals surface area contributed by atoms with Gasteiger partial charge in [-0.1, -0.05) is 18.2 Å². The largest absolute Gasteiger partial charge is 0.508 e. The summed E-state index contributed by atoms with van der Waals surface area (Å²) < 4.78 is 5.23. The average Bonchev–Trinajstić information content (AvgIpc) is 2.57. The Balaban J connectivity index is 1.91. The van der Waals surface area contributed by atoms with Gasteiger partial charge < -0.3 is 35.6 Å². The van der Waals surface area contributed by atoms with E-state index in [9.17, 15) is 20.4 Å². The predicted molar refractivity (Wildman–Crippen MR) is 86.2 cm³/mol. The molecule has 0 aliphatic carbocycles. The number of aliphatic hydroxyl groups is 4. The third-order valence-electron chi connectivity index (χ3n) is 3.55. The molecular formula is C14H19N3O6S. The molecular weight excluding hydrogens is 338 g/mol. The van der Waals surface area contributed by atoms with E-state index in [1.54, 1.807) is 18.2 Å². The van der Waals surface area contributed by atoms with Crippen LogP contribution in [-0.2, 0) is 11.3 Å². The highest BCUT2D eigenvalue weighted by Crippen LogP contribution is 2.20. The van der Waals surface area contributed by atoms with E-state index in [4.69, 9.17) is 22.1 Å². The lowest BCUT2D eigenvalue weighted by Crippen LogP contribution is -2.62. The summed E-state index contributed by atoms with van der Waals surface area (Å²) in [6, 6.07) is 6.63. The number of nitrogens with zero attached hydrogens (tertiary/aromatic N) is 2. The molecule has 1 heterocycles. The van der Waals surface area contributed by atoms with Crippen molar-refractivity contribution in [2.24, 2.45) is 10.2 Å². The maximum absolute atomic E-state index is 9.87. The quantitative estimate of drug-likeness (QED) is 0.298. The van der Waals surface area contributed by atoms with Crippen molar-refractivity contribution >= 4 is 17.3 Å². The number of hydrogen-bond acceptors (Lipinski definition) is 8. The molecule has 1 aromatic rings. The van der Waals surface area contributed by atoms with Crippen molar-refractivity contribution in [1.82, 2.24) is 5.32 Å². The van der Waals surface area contributed by atoms with Crippen LogP contribution in [0.5, 0.6) is 5.75 Å². The Morgan fingerprint density at radius 1 is 1.17 bits per heavy atom. The number of aliphatic hydroxyl groups excluding tert-OH is 4. The maximum atomic E-state index is 9.87. The summed E-state index contributed by atoms with van der Waals surface area (Å²) in [6.07, 6.45) is -6.61. The minimum absolute atomic E-state index is 0.0873. The Bertz CT molecular complexity index is 600. The smallest absolute Gasteiger partial charge is 0.215 e. The van der Waals surface area contributed by atoms with E-state index in [1.165, 1.54) is 6.07 Å². The van der Waals surface area contributed by atoms with Crippen LogP contribution >= 0.6 is 12.2 Å². The normalized spacial score (nSPS) is 30.4. The van der Waals surface area contributed by atoms with Crippen LogP contribution in [0, 0.1) is 0 Å². The van der Waals surface area contributed by atoms with Gasteiger partial charge in [0, 0.05) is 5.56 Å².